The number of rotatable bonds is 2. The molecule has 0 bridgehead atoms. The van der Waals surface area contributed by atoms with E-state index < -0.39 is 0 Å². The third-order valence-electron chi connectivity index (χ3n) is 3.63. The van der Waals surface area contributed by atoms with E-state index in [1.54, 1.807) is 23.5 Å². The number of hydrogen-bond donors (Lipinski definition) is 0. The highest BCUT2D eigenvalue weighted by molar-refractivity contribution is 8.39. The Hall–Kier alpha value is 0.370. The normalized spacial score (nSPS) is 24.5. The summed E-state index contributed by atoms with van der Waals surface area (Å²) < 4.78 is 0.402. The van der Waals surface area contributed by atoms with Crippen LogP contribution in [0.1, 0.15) is 64.2 Å². The maximum absolute atomic E-state index is 11.9. The van der Waals surface area contributed by atoms with Crippen LogP contribution in [-0.2, 0) is 0 Å². The third kappa shape index (κ3) is 4.33. The molecular formula is C13H22OS2. The van der Waals surface area contributed by atoms with Gasteiger partial charge in [0.1, 0.15) is 0 Å². The minimum Gasteiger partial charge on any atom is -0.274 e. The molecule has 0 atom stereocenters. The predicted molar refractivity (Wildman–Crippen MR) is 74.3 cm³/mol. The van der Waals surface area contributed by atoms with Crippen molar-refractivity contribution >= 4 is 28.0 Å². The Morgan fingerprint density at radius 2 is 1.06 bits per heavy atom. The number of hydrogen-bond acceptors (Lipinski definition) is 3. The van der Waals surface area contributed by atoms with Crippen molar-refractivity contribution in [2.75, 3.05) is 0 Å². The average molecular weight is 258 g/mol. The van der Waals surface area contributed by atoms with Crippen LogP contribution in [0.2, 0.25) is 0 Å². The van der Waals surface area contributed by atoms with E-state index in [0.29, 0.717) is 14.9 Å². The molecule has 0 amide bonds. The molecule has 0 radical (unpaired) electrons. The largest absolute Gasteiger partial charge is 0.274 e. The molecule has 0 spiro atoms. The van der Waals surface area contributed by atoms with Crippen LogP contribution in [0.25, 0.3) is 0 Å². The summed E-state index contributed by atoms with van der Waals surface area (Å²) in [5.74, 6) is 0. The van der Waals surface area contributed by atoms with Crippen LogP contribution >= 0.6 is 23.5 Å². The summed E-state index contributed by atoms with van der Waals surface area (Å²) in [7, 11) is 0. The maximum atomic E-state index is 11.9. The Bertz CT molecular complexity index is 196. The highest BCUT2D eigenvalue weighted by Gasteiger charge is 2.22. The minimum absolute atomic E-state index is 0.402. The lowest BCUT2D eigenvalue weighted by atomic mass is 10.0. The van der Waals surface area contributed by atoms with Crippen molar-refractivity contribution < 1.29 is 4.79 Å². The molecule has 0 saturated heterocycles. The fraction of sp³-hybridized carbons (Fsp3) is 0.923. The van der Waals surface area contributed by atoms with Gasteiger partial charge < -0.3 is 0 Å². The van der Waals surface area contributed by atoms with Gasteiger partial charge in [-0.05, 0) is 25.7 Å². The molecule has 2 saturated carbocycles. The van der Waals surface area contributed by atoms with Gasteiger partial charge in [0, 0.05) is 10.5 Å². The van der Waals surface area contributed by atoms with Crippen LogP contribution in [0.15, 0.2) is 0 Å². The molecule has 1 nitrogen and oxygen atoms in total. The molecule has 0 aromatic rings. The van der Waals surface area contributed by atoms with E-state index in [4.69, 9.17) is 0 Å². The van der Waals surface area contributed by atoms with Gasteiger partial charge >= 0.3 is 0 Å². The summed E-state index contributed by atoms with van der Waals surface area (Å²) in [4.78, 5) is 11.9. The molecule has 3 heteroatoms. The summed E-state index contributed by atoms with van der Waals surface area (Å²) in [6.45, 7) is 0. The number of carbonyl (C=O) groups excluding carboxylic acids is 1. The quantitative estimate of drug-likeness (QED) is 0.674. The van der Waals surface area contributed by atoms with Gasteiger partial charge in [0.25, 0.3) is 0 Å². The van der Waals surface area contributed by atoms with Gasteiger partial charge in [-0.15, -0.1) is 0 Å². The maximum Gasteiger partial charge on any atom is 0.246 e. The van der Waals surface area contributed by atoms with E-state index in [9.17, 15) is 4.79 Å². The molecule has 0 N–H and O–H groups in total. The number of thioether (sulfide) groups is 2. The summed E-state index contributed by atoms with van der Waals surface area (Å²) in [5, 5.41) is 1.27. The lowest BCUT2D eigenvalue weighted by molar-refractivity contribution is 0.276. The summed E-state index contributed by atoms with van der Waals surface area (Å²) in [6, 6.07) is 0. The van der Waals surface area contributed by atoms with E-state index >= 15 is 0 Å². The topological polar surface area (TPSA) is 17.1 Å². The SMILES string of the molecule is O=C(SC1CCCCC1)SC1CCCCC1. The first-order valence-corrected chi connectivity index (χ1v) is 8.48. The van der Waals surface area contributed by atoms with Gasteiger partial charge in [-0.25, -0.2) is 0 Å². The fourth-order valence-corrected chi connectivity index (χ4v) is 5.39. The van der Waals surface area contributed by atoms with Gasteiger partial charge in [0.2, 0.25) is 4.45 Å². The molecule has 0 aromatic heterocycles. The molecule has 92 valence electrons. The van der Waals surface area contributed by atoms with Crippen LogP contribution in [0.5, 0.6) is 0 Å². The van der Waals surface area contributed by atoms with Crippen LogP contribution in [-0.4, -0.2) is 14.9 Å². The first-order valence-electron chi connectivity index (χ1n) is 6.72. The molecule has 0 unspecified atom stereocenters. The van der Waals surface area contributed by atoms with Crippen molar-refractivity contribution in [1.29, 1.82) is 0 Å². The van der Waals surface area contributed by atoms with Crippen LogP contribution in [0, 0.1) is 0 Å². The zero-order valence-electron chi connectivity index (χ0n) is 9.95. The van der Waals surface area contributed by atoms with Crippen molar-refractivity contribution in [3.05, 3.63) is 0 Å². The summed E-state index contributed by atoms with van der Waals surface area (Å²) in [6.07, 6.45) is 13.1. The monoisotopic (exact) mass is 258 g/mol. The molecule has 0 aliphatic heterocycles. The summed E-state index contributed by atoms with van der Waals surface area (Å²) in [5.41, 5.74) is 0. The van der Waals surface area contributed by atoms with E-state index in [0.717, 1.165) is 0 Å². The van der Waals surface area contributed by atoms with Crippen molar-refractivity contribution in [1.82, 2.24) is 0 Å². The van der Waals surface area contributed by atoms with Crippen LogP contribution in [0.3, 0.4) is 0 Å². The Morgan fingerprint density at radius 3 is 1.44 bits per heavy atom. The first kappa shape index (κ1) is 12.8. The first-order chi connectivity index (χ1) is 7.84. The Kier molecular flexibility index (Phi) is 5.57. The second-order valence-corrected chi connectivity index (χ2v) is 7.81. The molecule has 2 aliphatic carbocycles. The van der Waals surface area contributed by atoms with E-state index in [2.05, 4.69) is 0 Å². The molecule has 2 aliphatic rings. The zero-order valence-corrected chi connectivity index (χ0v) is 11.6. The predicted octanol–water partition coefficient (Wildman–Crippen LogP) is 5.24. The second kappa shape index (κ2) is 6.95. The van der Waals surface area contributed by atoms with Crippen molar-refractivity contribution in [2.45, 2.75) is 74.7 Å². The van der Waals surface area contributed by atoms with Crippen LogP contribution < -0.4 is 0 Å². The molecule has 0 aromatic carbocycles. The molecule has 2 rings (SSSR count). The molecular weight excluding hydrogens is 236 g/mol. The second-order valence-electron chi connectivity index (χ2n) is 5.01. The van der Waals surface area contributed by atoms with Crippen molar-refractivity contribution in [3.63, 3.8) is 0 Å². The van der Waals surface area contributed by atoms with Crippen molar-refractivity contribution in [3.8, 4) is 0 Å². The van der Waals surface area contributed by atoms with Gasteiger partial charge in [-0.2, -0.15) is 0 Å². The highest BCUT2D eigenvalue weighted by Crippen LogP contribution is 2.36. The Labute approximate surface area is 108 Å². The smallest absolute Gasteiger partial charge is 0.246 e. The molecule has 16 heavy (non-hydrogen) atoms. The van der Waals surface area contributed by atoms with Gasteiger partial charge in [-0.3, -0.25) is 4.79 Å². The Morgan fingerprint density at radius 1 is 0.688 bits per heavy atom. The van der Waals surface area contributed by atoms with E-state index in [-0.39, 0.29) is 0 Å². The highest BCUT2D eigenvalue weighted by atomic mass is 32.2. The molecule has 2 fully saturated rings. The third-order valence-corrected chi connectivity index (χ3v) is 6.20. The Balaban J connectivity index is 1.66. The fourth-order valence-electron chi connectivity index (χ4n) is 2.67. The lowest BCUT2D eigenvalue weighted by Crippen LogP contribution is -2.13. The minimum atomic E-state index is 0.402. The number of carbonyl (C=O) groups is 1. The van der Waals surface area contributed by atoms with Gasteiger partial charge in [0.05, 0.1) is 0 Å². The van der Waals surface area contributed by atoms with Crippen LogP contribution in [0.4, 0.5) is 4.79 Å². The average Bonchev–Trinajstić information content (AvgIpc) is 2.31. The van der Waals surface area contributed by atoms with Gasteiger partial charge in [-0.1, -0.05) is 62.0 Å². The van der Waals surface area contributed by atoms with Gasteiger partial charge in [0.15, 0.2) is 0 Å². The standard InChI is InChI=1S/C13H22OS2/c14-13(15-11-7-3-1-4-8-11)16-12-9-5-2-6-10-12/h11-12H,1-10H2. The van der Waals surface area contributed by atoms with Crippen molar-refractivity contribution in [2.24, 2.45) is 0 Å². The molecule has 0 heterocycles. The zero-order chi connectivity index (χ0) is 11.2. The summed E-state index contributed by atoms with van der Waals surface area (Å²) >= 11 is 3.28. The van der Waals surface area contributed by atoms with E-state index in [1.807, 2.05) is 0 Å². The lowest BCUT2D eigenvalue weighted by Gasteiger charge is -2.23. The van der Waals surface area contributed by atoms with E-state index in [1.165, 1.54) is 64.2 Å².